The van der Waals surface area contributed by atoms with Crippen molar-refractivity contribution in [2.45, 2.75) is 57.8 Å². The average Bonchev–Trinajstić information content (AvgIpc) is 3.39. The zero-order chi connectivity index (χ0) is 24.6. The van der Waals surface area contributed by atoms with E-state index < -0.39 is 29.6 Å². The van der Waals surface area contributed by atoms with Crippen LogP contribution in [0.4, 0.5) is 0 Å². The third-order valence-corrected chi connectivity index (χ3v) is 7.12. The lowest BCUT2D eigenvalue weighted by molar-refractivity contribution is -0.150. The number of carbonyl (C=O) groups is 3. The van der Waals surface area contributed by atoms with Gasteiger partial charge in [0.2, 0.25) is 5.91 Å². The minimum Gasteiger partial charge on any atom is -0.479 e. The summed E-state index contributed by atoms with van der Waals surface area (Å²) in [6.07, 6.45) is 3.17. The smallest absolute Gasteiger partial charge is 0.332 e. The Bertz CT molecular complexity index is 920. The number of aliphatic imine (C=N–C) groups is 1. The Labute approximate surface area is 206 Å². The Morgan fingerprint density at radius 3 is 2.76 bits per heavy atom. The van der Waals surface area contributed by atoms with Crippen LogP contribution in [0.1, 0.15) is 44.3 Å². The van der Waals surface area contributed by atoms with Gasteiger partial charge in [0.25, 0.3) is 0 Å². The summed E-state index contributed by atoms with van der Waals surface area (Å²) in [6, 6.07) is -0.773. The largest absolute Gasteiger partial charge is 0.479 e. The Morgan fingerprint density at radius 1 is 1.42 bits per heavy atom. The van der Waals surface area contributed by atoms with Gasteiger partial charge < -0.3 is 20.9 Å². The number of allylic oxidation sites excluding steroid dienone is 1. The predicted octanol–water partition coefficient (Wildman–Crippen LogP) is 2.57. The normalized spacial score (nSPS) is 20.0. The van der Waals surface area contributed by atoms with Gasteiger partial charge in [-0.25, -0.2) is 9.78 Å². The van der Waals surface area contributed by atoms with Crippen LogP contribution in [0.25, 0.3) is 0 Å². The molecule has 0 aromatic carbocycles. The van der Waals surface area contributed by atoms with Gasteiger partial charge >= 0.3 is 11.9 Å². The van der Waals surface area contributed by atoms with Gasteiger partial charge in [0.05, 0.1) is 13.0 Å². The van der Waals surface area contributed by atoms with Crippen molar-refractivity contribution in [3.05, 3.63) is 28.2 Å². The molecule has 0 saturated carbocycles. The maximum Gasteiger partial charge on any atom is 0.332 e. The molecular weight excluding hydrogens is 488 g/mol. The molecule has 33 heavy (non-hydrogen) atoms. The Hall–Kier alpha value is -1.95. The average molecular weight is 517 g/mol. The Morgan fingerprint density at radius 2 is 2.15 bits per heavy atom. The number of nitrogens with two attached hydrogens (primary N) is 1. The standard InChI is InChI=1S/C21H29ClN4O5S2/c1-12(2)17(23)19(28)31-13(6-4-5-7-22)8-15(27)24-9-16-25-14(10-32-16)18-26-21(3,11-33-18)20(29)30/h4,6,10,12-13,17H,5,7-9,11,23H2,1-3H3,(H,24,27)(H,29,30)/t13-,17+,21+/m1/s1. The van der Waals surface area contributed by atoms with Crippen molar-refractivity contribution < 1.29 is 24.2 Å². The number of carbonyl (C=O) groups excluding carboxylic acids is 2. The van der Waals surface area contributed by atoms with Crippen molar-refractivity contribution in [1.29, 1.82) is 0 Å². The number of carboxylic acids is 1. The lowest BCUT2D eigenvalue weighted by Crippen LogP contribution is -2.39. The summed E-state index contributed by atoms with van der Waals surface area (Å²) in [4.78, 5) is 44.8. The third-order valence-electron chi connectivity index (χ3n) is 4.78. The summed E-state index contributed by atoms with van der Waals surface area (Å²) in [7, 11) is 0. The van der Waals surface area contributed by atoms with E-state index in [1.807, 2.05) is 13.8 Å². The highest BCUT2D eigenvalue weighted by Gasteiger charge is 2.39. The van der Waals surface area contributed by atoms with Crippen molar-refractivity contribution in [3.63, 3.8) is 0 Å². The van der Waals surface area contributed by atoms with Gasteiger partial charge in [-0.15, -0.1) is 34.7 Å². The maximum atomic E-state index is 12.5. The summed E-state index contributed by atoms with van der Waals surface area (Å²) >= 11 is 8.37. The molecule has 0 aliphatic carbocycles. The number of alkyl halides is 1. The minimum absolute atomic E-state index is 0.0624. The van der Waals surface area contributed by atoms with Crippen LogP contribution in [0, 0.1) is 5.92 Å². The zero-order valence-corrected chi connectivity index (χ0v) is 21.1. The summed E-state index contributed by atoms with van der Waals surface area (Å²) in [5.74, 6) is -1.18. The van der Waals surface area contributed by atoms with E-state index >= 15 is 0 Å². The second kappa shape index (κ2) is 12.5. The number of halogens is 1. The summed E-state index contributed by atoms with van der Waals surface area (Å²) < 4.78 is 5.42. The molecule has 1 aliphatic rings. The molecule has 1 aliphatic heterocycles. The number of rotatable bonds is 12. The summed E-state index contributed by atoms with van der Waals surface area (Å²) in [5, 5.41) is 15.1. The number of aliphatic carboxylic acids is 1. The molecule has 182 valence electrons. The number of hydrogen-bond donors (Lipinski definition) is 3. The molecule has 2 heterocycles. The number of nitrogens with one attached hydrogen (secondary N) is 1. The van der Waals surface area contributed by atoms with E-state index in [0.29, 0.717) is 33.8 Å². The highest BCUT2D eigenvalue weighted by Crippen LogP contribution is 2.31. The first kappa shape index (κ1) is 27.3. The molecular formula is C21H29ClN4O5S2. The number of thioether (sulfide) groups is 1. The Kier molecular flexibility index (Phi) is 10.3. The predicted molar refractivity (Wildman–Crippen MR) is 131 cm³/mol. The fourth-order valence-corrected chi connectivity index (χ4v) is 4.66. The fourth-order valence-electron chi connectivity index (χ4n) is 2.62. The second-order valence-electron chi connectivity index (χ2n) is 8.04. The molecule has 1 aromatic rings. The maximum absolute atomic E-state index is 12.5. The topological polar surface area (TPSA) is 144 Å². The van der Waals surface area contributed by atoms with E-state index in [2.05, 4.69) is 15.3 Å². The van der Waals surface area contributed by atoms with Crippen molar-refractivity contribution in [1.82, 2.24) is 10.3 Å². The van der Waals surface area contributed by atoms with E-state index in [-0.39, 0.29) is 24.8 Å². The lowest BCUT2D eigenvalue weighted by atomic mass is 10.1. The van der Waals surface area contributed by atoms with Crippen molar-refractivity contribution >= 4 is 57.6 Å². The van der Waals surface area contributed by atoms with Crippen LogP contribution >= 0.6 is 34.7 Å². The highest BCUT2D eigenvalue weighted by molar-refractivity contribution is 8.14. The van der Waals surface area contributed by atoms with E-state index in [1.54, 1.807) is 24.5 Å². The molecule has 3 atom stereocenters. The van der Waals surface area contributed by atoms with Crippen LogP contribution in [0.2, 0.25) is 0 Å². The zero-order valence-electron chi connectivity index (χ0n) is 18.7. The Balaban J connectivity index is 1.94. The third kappa shape index (κ3) is 8.09. The first-order valence-corrected chi connectivity index (χ1v) is 12.8. The van der Waals surface area contributed by atoms with Gasteiger partial charge in [0, 0.05) is 17.0 Å². The molecule has 4 N–H and O–H groups in total. The number of esters is 1. The SMILES string of the molecule is CC(C)[C@H](N)C(=O)O[C@H](C=CCCCl)CC(=O)NCc1nc(C2=N[C@](C)(C(=O)O)CS2)cs1. The van der Waals surface area contributed by atoms with Crippen LogP contribution in [0.3, 0.4) is 0 Å². The van der Waals surface area contributed by atoms with E-state index in [4.69, 9.17) is 22.1 Å². The lowest BCUT2D eigenvalue weighted by Gasteiger charge is -2.19. The van der Waals surface area contributed by atoms with Crippen molar-refractivity contribution in [3.8, 4) is 0 Å². The molecule has 1 amide bonds. The van der Waals surface area contributed by atoms with Crippen LogP contribution in [-0.2, 0) is 25.7 Å². The van der Waals surface area contributed by atoms with Crippen molar-refractivity contribution in [2.75, 3.05) is 11.6 Å². The number of nitrogens with zero attached hydrogens (tertiary/aromatic N) is 2. The molecule has 9 nitrogen and oxygen atoms in total. The number of ether oxygens (including phenoxy) is 1. The molecule has 0 fully saturated rings. The van der Waals surface area contributed by atoms with Gasteiger partial charge in [-0.2, -0.15) is 0 Å². The quantitative estimate of drug-likeness (QED) is 0.218. The van der Waals surface area contributed by atoms with E-state index in [9.17, 15) is 19.5 Å². The molecule has 2 rings (SSSR count). The molecule has 1 aromatic heterocycles. The summed E-state index contributed by atoms with van der Waals surface area (Å²) in [5.41, 5.74) is 5.29. The van der Waals surface area contributed by atoms with E-state index in [0.717, 1.165) is 0 Å². The number of aromatic nitrogens is 1. The minimum atomic E-state index is -1.15. The molecule has 12 heteroatoms. The molecule has 0 spiro atoms. The molecule has 0 bridgehead atoms. The number of carboxylic acid groups (broad SMARTS) is 1. The van der Waals surface area contributed by atoms with Gasteiger partial charge in [-0.05, 0) is 25.3 Å². The van der Waals surface area contributed by atoms with Gasteiger partial charge in [-0.1, -0.05) is 19.9 Å². The fraction of sp³-hybridized carbons (Fsp3) is 0.571. The van der Waals surface area contributed by atoms with Crippen LogP contribution in [0.5, 0.6) is 0 Å². The monoisotopic (exact) mass is 516 g/mol. The van der Waals surface area contributed by atoms with Crippen LogP contribution in [-0.4, -0.2) is 62.3 Å². The number of hydrogen-bond acceptors (Lipinski definition) is 9. The molecule has 0 radical (unpaired) electrons. The number of amides is 1. The first-order chi connectivity index (χ1) is 15.6. The second-order valence-corrected chi connectivity index (χ2v) is 10.3. The van der Waals surface area contributed by atoms with E-state index in [1.165, 1.54) is 23.1 Å². The van der Waals surface area contributed by atoms with Crippen LogP contribution < -0.4 is 11.1 Å². The van der Waals surface area contributed by atoms with Gasteiger partial charge in [-0.3, -0.25) is 14.6 Å². The van der Waals surface area contributed by atoms with Gasteiger partial charge in [0.15, 0.2) is 5.54 Å². The first-order valence-electron chi connectivity index (χ1n) is 10.4. The van der Waals surface area contributed by atoms with Crippen molar-refractivity contribution in [2.24, 2.45) is 16.6 Å². The number of thiazole rings is 1. The summed E-state index contributed by atoms with van der Waals surface area (Å²) in [6.45, 7) is 5.39. The molecule has 0 unspecified atom stereocenters. The van der Waals surface area contributed by atoms with Gasteiger partial charge in [0.1, 0.15) is 27.9 Å². The highest BCUT2D eigenvalue weighted by atomic mass is 35.5. The van der Waals surface area contributed by atoms with Crippen LogP contribution in [0.15, 0.2) is 22.5 Å². The molecule has 0 saturated heterocycles.